The molecular weight excluding hydrogens is 321 g/mol. The maximum absolute atomic E-state index is 13.1. The van der Waals surface area contributed by atoms with E-state index in [4.69, 9.17) is 0 Å². The number of nitrogens with one attached hydrogen (secondary N) is 1. The van der Waals surface area contributed by atoms with Crippen molar-refractivity contribution in [3.05, 3.63) is 65.6 Å². The molecule has 0 aliphatic carbocycles. The largest absolute Gasteiger partial charge is 0.303 e. The minimum absolute atomic E-state index is 0.0390. The van der Waals surface area contributed by atoms with E-state index in [1.54, 1.807) is 24.3 Å². The summed E-state index contributed by atoms with van der Waals surface area (Å²) in [5, 5.41) is 11.9. The highest BCUT2D eigenvalue weighted by atomic mass is 19.1. The molecule has 0 radical (unpaired) electrons. The lowest BCUT2D eigenvalue weighted by Gasteiger charge is -2.25. The van der Waals surface area contributed by atoms with Crippen LogP contribution in [-0.4, -0.2) is 21.1 Å². The number of fused-ring (bicyclic) bond motifs is 1. The lowest BCUT2D eigenvalue weighted by molar-refractivity contribution is 0.373. The number of carbonyl (C=O) groups excluding carboxylic acids is 1. The van der Waals surface area contributed by atoms with Gasteiger partial charge in [0.2, 0.25) is 6.08 Å². The highest BCUT2D eigenvalue weighted by molar-refractivity contribution is 5.61. The summed E-state index contributed by atoms with van der Waals surface area (Å²) < 4.78 is 15.0. The molecule has 6 nitrogen and oxygen atoms in total. The minimum Gasteiger partial charge on any atom is -0.303 e. The number of hydrogen-bond donors (Lipinski definition) is 1. The number of isocyanates is 1. The van der Waals surface area contributed by atoms with Crippen molar-refractivity contribution in [2.45, 2.75) is 19.1 Å². The molecule has 2 heterocycles. The Balaban J connectivity index is 1.61. The number of benzene rings is 2. The molecule has 1 atom stereocenters. The molecule has 7 heteroatoms. The predicted molar refractivity (Wildman–Crippen MR) is 89.2 cm³/mol. The summed E-state index contributed by atoms with van der Waals surface area (Å²) in [6, 6.07) is 13.7. The van der Waals surface area contributed by atoms with E-state index in [-0.39, 0.29) is 11.9 Å². The van der Waals surface area contributed by atoms with Crippen molar-refractivity contribution in [1.82, 2.24) is 20.3 Å². The van der Waals surface area contributed by atoms with Gasteiger partial charge in [-0.15, -0.1) is 5.10 Å². The second kappa shape index (κ2) is 6.39. The molecule has 1 aliphatic rings. The van der Waals surface area contributed by atoms with Gasteiger partial charge in [-0.3, -0.25) is 0 Å². The summed E-state index contributed by atoms with van der Waals surface area (Å²) in [7, 11) is 0. The van der Waals surface area contributed by atoms with E-state index in [0.717, 1.165) is 22.5 Å². The van der Waals surface area contributed by atoms with Crippen molar-refractivity contribution in [1.29, 1.82) is 0 Å². The molecule has 0 saturated heterocycles. The van der Waals surface area contributed by atoms with Crippen molar-refractivity contribution in [3.63, 3.8) is 0 Å². The Morgan fingerprint density at radius 1 is 1.24 bits per heavy atom. The normalized spacial score (nSPS) is 16.1. The van der Waals surface area contributed by atoms with E-state index in [9.17, 15) is 9.18 Å². The highest BCUT2D eigenvalue weighted by Gasteiger charge is 2.24. The lowest BCUT2D eigenvalue weighted by atomic mass is 10.0. The Morgan fingerprint density at radius 2 is 2.08 bits per heavy atom. The number of rotatable bonds is 3. The summed E-state index contributed by atoms with van der Waals surface area (Å²) >= 11 is 0. The van der Waals surface area contributed by atoms with Crippen LogP contribution in [0.1, 0.15) is 17.3 Å². The molecule has 25 heavy (non-hydrogen) atoms. The van der Waals surface area contributed by atoms with Gasteiger partial charge in [-0.25, -0.2) is 13.9 Å². The number of aliphatic imine (C=N–C) groups is 1. The molecule has 1 aliphatic heterocycles. The standard InChI is InChI=1S/C18H14FN5O/c19-14-6-4-12(5-7-14)18-17-9-20-16(10-24(17)23-22-18)13-2-1-3-15(8-13)21-11-25/h1-8,16,20H,9-10H2. The topological polar surface area (TPSA) is 72.2 Å². The van der Waals surface area contributed by atoms with E-state index < -0.39 is 0 Å². The van der Waals surface area contributed by atoms with Crippen LogP contribution >= 0.6 is 0 Å². The van der Waals surface area contributed by atoms with Gasteiger partial charge in [0.25, 0.3) is 0 Å². The van der Waals surface area contributed by atoms with Crippen molar-refractivity contribution in [2.24, 2.45) is 4.99 Å². The Morgan fingerprint density at radius 3 is 2.88 bits per heavy atom. The molecule has 1 N–H and O–H groups in total. The third-order valence-corrected chi connectivity index (χ3v) is 4.27. The van der Waals surface area contributed by atoms with Crippen molar-refractivity contribution >= 4 is 11.8 Å². The summed E-state index contributed by atoms with van der Waals surface area (Å²) in [6.45, 7) is 1.20. The number of hydrogen-bond acceptors (Lipinski definition) is 5. The van der Waals surface area contributed by atoms with E-state index >= 15 is 0 Å². The van der Waals surface area contributed by atoms with Crippen molar-refractivity contribution in [2.75, 3.05) is 0 Å². The van der Waals surface area contributed by atoms with E-state index in [1.165, 1.54) is 12.1 Å². The van der Waals surface area contributed by atoms with Gasteiger partial charge in [-0.2, -0.15) is 4.99 Å². The zero-order valence-corrected chi connectivity index (χ0v) is 13.2. The van der Waals surface area contributed by atoms with Crippen LogP contribution in [0.2, 0.25) is 0 Å². The Bertz CT molecular complexity index is 960. The monoisotopic (exact) mass is 335 g/mol. The fraction of sp³-hybridized carbons (Fsp3) is 0.167. The van der Waals surface area contributed by atoms with E-state index in [0.29, 0.717) is 18.8 Å². The van der Waals surface area contributed by atoms with Crippen LogP contribution in [0.25, 0.3) is 11.3 Å². The summed E-state index contributed by atoms with van der Waals surface area (Å²) in [5.41, 5.74) is 4.15. The molecule has 4 rings (SSSR count). The first-order chi connectivity index (χ1) is 12.2. The van der Waals surface area contributed by atoms with Crippen LogP contribution < -0.4 is 5.32 Å². The second-order valence-corrected chi connectivity index (χ2v) is 5.81. The van der Waals surface area contributed by atoms with Gasteiger partial charge in [0.1, 0.15) is 11.5 Å². The Labute approximate surface area is 143 Å². The van der Waals surface area contributed by atoms with Crippen LogP contribution in [0.15, 0.2) is 53.5 Å². The Kier molecular flexibility index (Phi) is 3.93. The van der Waals surface area contributed by atoms with E-state index in [1.807, 2.05) is 22.9 Å². The number of aromatic nitrogens is 3. The van der Waals surface area contributed by atoms with Gasteiger partial charge < -0.3 is 5.32 Å². The van der Waals surface area contributed by atoms with Gasteiger partial charge in [0, 0.05) is 12.1 Å². The average Bonchev–Trinajstić information content (AvgIpc) is 3.06. The van der Waals surface area contributed by atoms with Crippen molar-refractivity contribution in [3.8, 4) is 11.3 Å². The first-order valence-electron chi connectivity index (χ1n) is 7.84. The average molecular weight is 335 g/mol. The summed E-state index contributed by atoms with van der Waals surface area (Å²) in [5.74, 6) is -0.277. The zero-order chi connectivity index (χ0) is 17.2. The summed E-state index contributed by atoms with van der Waals surface area (Å²) in [4.78, 5) is 14.1. The molecule has 2 aromatic carbocycles. The van der Waals surface area contributed by atoms with Gasteiger partial charge in [-0.1, -0.05) is 17.3 Å². The van der Waals surface area contributed by atoms with Crippen LogP contribution in [0.5, 0.6) is 0 Å². The van der Waals surface area contributed by atoms with Gasteiger partial charge in [0.05, 0.1) is 24.0 Å². The molecule has 0 bridgehead atoms. The zero-order valence-electron chi connectivity index (χ0n) is 13.2. The quantitative estimate of drug-likeness (QED) is 0.590. The minimum atomic E-state index is -0.277. The fourth-order valence-corrected chi connectivity index (χ4v) is 3.03. The second-order valence-electron chi connectivity index (χ2n) is 5.81. The Hall–Kier alpha value is -3.15. The molecule has 0 saturated carbocycles. The predicted octanol–water partition coefficient (Wildman–Crippen LogP) is 2.90. The van der Waals surface area contributed by atoms with Gasteiger partial charge in [-0.05, 0) is 42.0 Å². The molecular formula is C18H14FN5O. The maximum Gasteiger partial charge on any atom is 0.240 e. The molecule has 3 aromatic rings. The number of halogens is 1. The first-order valence-corrected chi connectivity index (χ1v) is 7.84. The smallest absolute Gasteiger partial charge is 0.240 e. The van der Waals surface area contributed by atoms with Crippen LogP contribution in [0.3, 0.4) is 0 Å². The summed E-state index contributed by atoms with van der Waals surface area (Å²) in [6.07, 6.45) is 1.56. The van der Waals surface area contributed by atoms with E-state index in [2.05, 4.69) is 20.6 Å². The van der Waals surface area contributed by atoms with Crippen LogP contribution in [-0.2, 0) is 17.9 Å². The van der Waals surface area contributed by atoms with Crippen molar-refractivity contribution < 1.29 is 9.18 Å². The number of nitrogens with zero attached hydrogens (tertiary/aromatic N) is 4. The lowest BCUT2D eigenvalue weighted by Crippen LogP contribution is -2.32. The molecule has 0 spiro atoms. The molecule has 0 fully saturated rings. The van der Waals surface area contributed by atoms with Crippen LogP contribution in [0, 0.1) is 5.82 Å². The molecule has 0 amide bonds. The fourth-order valence-electron chi connectivity index (χ4n) is 3.03. The third-order valence-electron chi connectivity index (χ3n) is 4.27. The first kappa shape index (κ1) is 15.4. The van der Waals surface area contributed by atoms with Gasteiger partial charge in [0.15, 0.2) is 0 Å². The third kappa shape index (κ3) is 2.98. The maximum atomic E-state index is 13.1. The highest BCUT2D eigenvalue weighted by Crippen LogP contribution is 2.28. The molecule has 124 valence electrons. The molecule has 1 unspecified atom stereocenters. The SMILES string of the molecule is O=C=Nc1cccc(C2Cn3nnc(-c4ccc(F)cc4)c3CN2)c1. The van der Waals surface area contributed by atoms with Crippen LogP contribution in [0.4, 0.5) is 10.1 Å². The molecule has 1 aromatic heterocycles. The van der Waals surface area contributed by atoms with Gasteiger partial charge >= 0.3 is 0 Å².